The first kappa shape index (κ1) is 12.3. The Kier molecular flexibility index (Phi) is 3.81. The van der Waals surface area contributed by atoms with Crippen molar-refractivity contribution in [2.45, 2.75) is 42.6 Å². The summed E-state index contributed by atoms with van der Waals surface area (Å²) in [5.74, 6) is 2.79. The van der Waals surface area contributed by atoms with Crippen LogP contribution >= 0.6 is 23.5 Å². The molecule has 4 atom stereocenters. The summed E-state index contributed by atoms with van der Waals surface area (Å²) in [5.41, 5.74) is 5.75. The molecule has 2 rings (SSSR count). The summed E-state index contributed by atoms with van der Waals surface area (Å²) in [4.78, 5) is 4.47. The van der Waals surface area contributed by atoms with Crippen LogP contribution < -0.4 is 5.73 Å². The van der Waals surface area contributed by atoms with Gasteiger partial charge in [-0.05, 0) is 6.92 Å². The first-order valence-corrected chi connectivity index (χ1v) is 7.52. The van der Waals surface area contributed by atoms with Crippen LogP contribution in [0.2, 0.25) is 0 Å². The van der Waals surface area contributed by atoms with E-state index in [-0.39, 0.29) is 6.04 Å². The molecule has 0 aliphatic carbocycles. The average molecular weight is 258 g/mol. The number of H-pyrrole nitrogens is 1. The Bertz CT molecular complexity index is 352. The average Bonchev–Trinajstić information content (AvgIpc) is 2.71. The van der Waals surface area contributed by atoms with E-state index in [1.807, 2.05) is 30.4 Å². The standard InChI is InChI=1S/C10H18N4S2/c1-5(11)9-12-10(14-13-9)8-4-15-6(2)7(3)16-8/h5-8H,4,11H2,1-3H3,(H,12,13,14). The van der Waals surface area contributed by atoms with Gasteiger partial charge in [-0.1, -0.05) is 13.8 Å². The molecule has 0 bridgehead atoms. The molecule has 4 unspecified atom stereocenters. The third-order valence-corrected chi connectivity index (χ3v) is 6.18. The molecule has 1 aromatic rings. The van der Waals surface area contributed by atoms with Gasteiger partial charge in [0.05, 0.1) is 11.3 Å². The molecule has 6 heteroatoms. The van der Waals surface area contributed by atoms with Crippen molar-refractivity contribution in [1.29, 1.82) is 0 Å². The number of thioether (sulfide) groups is 2. The Balaban J connectivity index is 2.07. The highest BCUT2D eigenvalue weighted by Gasteiger charge is 2.28. The van der Waals surface area contributed by atoms with Crippen molar-refractivity contribution in [3.05, 3.63) is 11.6 Å². The molecule has 3 N–H and O–H groups in total. The highest BCUT2D eigenvalue weighted by atomic mass is 32.2. The summed E-state index contributed by atoms with van der Waals surface area (Å²) in [7, 11) is 0. The van der Waals surface area contributed by atoms with Crippen molar-refractivity contribution in [2.75, 3.05) is 5.75 Å². The van der Waals surface area contributed by atoms with Crippen LogP contribution in [-0.2, 0) is 0 Å². The molecule has 0 radical (unpaired) electrons. The van der Waals surface area contributed by atoms with Crippen molar-refractivity contribution in [1.82, 2.24) is 15.2 Å². The number of aromatic amines is 1. The van der Waals surface area contributed by atoms with Crippen LogP contribution in [0.5, 0.6) is 0 Å². The Hall–Kier alpha value is -0.200. The van der Waals surface area contributed by atoms with Crippen LogP contribution in [0.25, 0.3) is 0 Å². The lowest BCUT2D eigenvalue weighted by atomic mass is 10.3. The van der Waals surface area contributed by atoms with Crippen molar-refractivity contribution in [3.8, 4) is 0 Å². The molecule has 1 aliphatic heterocycles. The summed E-state index contributed by atoms with van der Waals surface area (Å²) in [6.07, 6.45) is 0. The SMILES string of the molecule is CC(N)c1n[nH]c(C2CSC(C)C(C)S2)n1. The molecule has 1 fully saturated rings. The van der Waals surface area contributed by atoms with Gasteiger partial charge in [-0.15, -0.1) is 11.8 Å². The highest BCUT2D eigenvalue weighted by Crippen LogP contribution is 2.43. The topological polar surface area (TPSA) is 67.6 Å². The van der Waals surface area contributed by atoms with Crippen molar-refractivity contribution < 1.29 is 0 Å². The van der Waals surface area contributed by atoms with Crippen LogP contribution in [-0.4, -0.2) is 31.4 Å². The molecule has 16 heavy (non-hydrogen) atoms. The van der Waals surface area contributed by atoms with E-state index in [0.717, 1.165) is 16.8 Å². The van der Waals surface area contributed by atoms with Gasteiger partial charge in [0.15, 0.2) is 5.82 Å². The monoisotopic (exact) mass is 258 g/mol. The van der Waals surface area contributed by atoms with Crippen molar-refractivity contribution in [3.63, 3.8) is 0 Å². The van der Waals surface area contributed by atoms with Crippen LogP contribution in [0.4, 0.5) is 0 Å². The summed E-state index contributed by atoms with van der Waals surface area (Å²) >= 11 is 3.98. The molecule has 1 aliphatic rings. The van der Waals surface area contributed by atoms with Gasteiger partial charge in [-0.2, -0.15) is 16.9 Å². The highest BCUT2D eigenvalue weighted by molar-refractivity contribution is 8.07. The van der Waals surface area contributed by atoms with Gasteiger partial charge in [0, 0.05) is 16.3 Å². The fourth-order valence-electron chi connectivity index (χ4n) is 1.56. The lowest BCUT2D eigenvalue weighted by Crippen LogP contribution is -2.22. The van der Waals surface area contributed by atoms with E-state index < -0.39 is 0 Å². The van der Waals surface area contributed by atoms with Gasteiger partial charge in [-0.25, -0.2) is 4.98 Å². The zero-order chi connectivity index (χ0) is 11.7. The predicted molar refractivity (Wildman–Crippen MR) is 70.7 cm³/mol. The number of hydrogen-bond donors (Lipinski definition) is 2. The van der Waals surface area contributed by atoms with E-state index in [0.29, 0.717) is 16.3 Å². The minimum absolute atomic E-state index is 0.0948. The fourth-order valence-corrected chi connectivity index (χ4v) is 4.42. The first-order chi connectivity index (χ1) is 7.58. The third-order valence-electron chi connectivity index (χ3n) is 2.78. The molecular formula is C10H18N4S2. The number of nitrogens with zero attached hydrogens (tertiary/aromatic N) is 2. The normalized spacial score (nSPS) is 32.6. The van der Waals surface area contributed by atoms with E-state index in [9.17, 15) is 0 Å². The Morgan fingerprint density at radius 1 is 1.44 bits per heavy atom. The molecule has 1 aromatic heterocycles. The molecule has 1 saturated heterocycles. The van der Waals surface area contributed by atoms with Crippen molar-refractivity contribution in [2.24, 2.45) is 5.73 Å². The molecular weight excluding hydrogens is 240 g/mol. The molecule has 0 spiro atoms. The van der Waals surface area contributed by atoms with Gasteiger partial charge < -0.3 is 5.73 Å². The van der Waals surface area contributed by atoms with Crippen LogP contribution in [0.1, 0.15) is 43.7 Å². The number of rotatable bonds is 2. The zero-order valence-electron chi connectivity index (χ0n) is 9.80. The molecule has 0 aromatic carbocycles. The molecule has 4 nitrogen and oxygen atoms in total. The maximum Gasteiger partial charge on any atom is 0.167 e. The molecule has 90 valence electrons. The molecule has 0 amide bonds. The number of hydrogen-bond acceptors (Lipinski definition) is 5. The maximum atomic E-state index is 5.75. The number of nitrogens with one attached hydrogen (secondary N) is 1. The molecule has 0 saturated carbocycles. The van der Waals surface area contributed by atoms with Gasteiger partial charge in [-0.3, -0.25) is 5.10 Å². The minimum atomic E-state index is -0.0948. The zero-order valence-corrected chi connectivity index (χ0v) is 11.4. The first-order valence-electron chi connectivity index (χ1n) is 5.52. The fraction of sp³-hybridized carbons (Fsp3) is 0.800. The summed E-state index contributed by atoms with van der Waals surface area (Å²) in [5, 5.41) is 8.97. The largest absolute Gasteiger partial charge is 0.321 e. The van der Waals surface area contributed by atoms with E-state index in [4.69, 9.17) is 5.73 Å². The second-order valence-electron chi connectivity index (χ2n) is 4.24. The van der Waals surface area contributed by atoms with E-state index in [1.54, 1.807) is 0 Å². The van der Waals surface area contributed by atoms with Gasteiger partial charge in [0.2, 0.25) is 0 Å². The smallest absolute Gasteiger partial charge is 0.167 e. The van der Waals surface area contributed by atoms with Gasteiger partial charge >= 0.3 is 0 Å². The quantitative estimate of drug-likeness (QED) is 0.850. The Morgan fingerprint density at radius 2 is 2.19 bits per heavy atom. The van der Waals surface area contributed by atoms with E-state index >= 15 is 0 Å². The van der Waals surface area contributed by atoms with Crippen LogP contribution in [0.3, 0.4) is 0 Å². The van der Waals surface area contributed by atoms with Crippen LogP contribution in [0, 0.1) is 0 Å². The van der Waals surface area contributed by atoms with Crippen molar-refractivity contribution >= 4 is 23.5 Å². The Labute approximate surface area is 105 Å². The summed E-state index contributed by atoms with van der Waals surface area (Å²) in [6, 6.07) is -0.0948. The maximum absolute atomic E-state index is 5.75. The predicted octanol–water partition coefficient (Wildman–Crippen LogP) is 2.12. The lowest BCUT2D eigenvalue weighted by molar-refractivity contribution is 0.744. The summed E-state index contributed by atoms with van der Waals surface area (Å²) in [6.45, 7) is 6.46. The lowest BCUT2D eigenvalue weighted by Gasteiger charge is -2.29. The Morgan fingerprint density at radius 3 is 2.75 bits per heavy atom. The molecule has 2 heterocycles. The van der Waals surface area contributed by atoms with Gasteiger partial charge in [0.1, 0.15) is 5.82 Å². The van der Waals surface area contributed by atoms with Gasteiger partial charge in [0.25, 0.3) is 0 Å². The number of nitrogens with two attached hydrogens (primary N) is 1. The van der Waals surface area contributed by atoms with E-state index in [1.165, 1.54) is 0 Å². The number of aromatic nitrogens is 3. The minimum Gasteiger partial charge on any atom is -0.321 e. The second kappa shape index (κ2) is 4.98. The third kappa shape index (κ3) is 2.55. The summed E-state index contributed by atoms with van der Waals surface area (Å²) < 4.78 is 0. The van der Waals surface area contributed by atoms with E-state index in [2.05, 4.69) is 29.0 Å². The second-order valence-corrected chi connectivity index (χ2v) is 7.23. The van der Waals surface area contributed by atoms with Crippen LogP contribution in [0.15, 0.2) is 0 Å².